The Morgan fingerprint density at radius 3 is 2.82 bits per heavy atom. The number of hydrogen-bond donors (Lipinski definition) is 2. The molecule has 8 heteroatoms. The number of ether oxygens (including phenoxy) is 1. The molecule has 0 atom stereocenters. The second-order valence-corrected chi connectivity index (χ2v) is 7.17. The summed E-state index contributed by atoms with van der Waals surface area (Å²) in [6, 6.07) is 8.32. The van der Waals surface area contributed by atoms with E-state index in [2.05, 4.69) is 26.4 Å². The standard InChI is InChI=1S/C20H28N4O4/c1-21-19(26)11-18-22-20(28-23-18)13-24(15-6-8-16(25)9-7-15)12-14-4-3-5-17(10-14)27-2/h3-5,10,15-16,25H,6-9,11-13H2,1-2H3,(H,21,26). The largest absolute Gasteiger partial charge is 0.497 e. The van der Waals surface area contributed by atoms with Gasteiger partial charge in [0.05, 0.1) is 26.2 Å². The van der Waals surface area contributed by atoms with Crippen LogP contribution in [0.1, 0.15) is 43.0 Å². The van der Waals surface area contributed by atoms with Crippen molar-refractivity contribution in [2.24, 2.45) is 0 Å². The van der Waals surface area contributed by atoms with E-state index in [1.807, 2.05) is 18.2 Å². The Bertz CT molecular complexity index is 771. The maximum Gasteiger partial charge on any atom is 0.240 e. The number of rotatable bonds is 8. The summed E-state index contributed by atoms with van der Waals surface area (Å²) in [4.78, 5) is 18.2. The van der Waals surface area contributed by atoms with Crippen LogP contribution < -0.4 is 10.1 Å². The highest BCUT2D eigenvalue weighted by molar-refractivity contribution is 5.77. The van der Waals surface area contributed by atoms with Gasteiger partial charge in [0.15, 0.2) is 5.82 Å². The van der Waals surface area contributed by atoms with E-state index in [4.69, 9.17) is 9.26 Å². The third kappa shape index (κ3) is 5.53. The van der Waals surface area contributed by atoms with Crippen LogP contribution in [0, 0.1) is 0 Å². The number of amides is 1. The smallest absolute Gasteiger partial charge is 0.240 e. The second-order valence-electron chi connectivity index (χ2n) is 7.17. The number of hydrogen-bond acceptors (Lipinski definition) is 7. The number of methoxy groups -OCH3 is 1. The SMILES string of the molecule is CNC(=O)Cc1noc(CN(Cc2cccc(OC)c2)C2CCC(O)CC2)n1. The molecule has 0 aliphatic heterocycles. The Morgan fingerprint density at radius 2 is 2.11 bits per heavy atom. The first-order valence-electron chi connectivity index (χ1n) is 9.64. The number of carbonyl (C=O) groups is 1. The zero-order chi connectivity index (χ0) is 19.9. The van der Waals surface area contributed by atoms with Gasteiger partial charge in [-0.3, -0.25) is 9.69 Å². The minimum atomic E-state index is -0.211. The lowest BCUT2D eigenvalue weighted by molar-refractivity contribution is -0.120. The molecule has 1 heterocycles. The number of likely N-dealkylation sites (N-methyl/N-ethyl adjacent to an activating group) is 1. The molecule has 3 rings (SSSR count). The zero-order valence-electron chi connectivity index (χ0n) is 16.4. The Kier molecular flexibility index (Phi) is 7.00. The summed E-state index contributed by atoms with van der Waals surface area (Å²) >= 11 is 0. The van der Waals surface area contributed by atoms with Gasteiger partial charge in [0.25, 0.3) is 0 Å². The molecule has 1 saturated carbocycles. The van der Waals surface area contributed by atoms with Crippen molar-refractivity contribution in [2.45, 2.75) is 57.3 Å². The molecule has 0 bridgehead atoms. The quantitative estimate of drug-likeness (QED) is 0.709. The molecule has 0 unspecified atom stereocenters. The van der Waals surface area contributed by atoms with Gasteiger partial charge in [-0.15, -0.1) is 0 Å². The lowest BCUT2D eigenvalue weighted by atomic mass is 9.91. The molecule has 1 aliphatic carbocycles. The lowest BCUT2D eigenvalue weighted by Gasteiger charge is -2.35. The summed E-state index contributed by atoms with van der Waals surface area (Å²) in [5.74, 6) is 1.55. The highest BCUT2D eigenvalue weighted by Gasteiger charge is 2.26. The van der Waals surface area contributed by atoms with Gasteiger partial charge in [0.2, 0.25) is 11.8 Å². The summed E-state index contributed by atoms with van der Waals surface area (Å²) in [5.41, 5.74) is 1.13. The van der Waals surface area contributed by atoms with Crippen LogP contribution in [0.15, 0.2) is 28.8 Å². The van der Waals surface area contributed by atoms with Crippen molar-refractivity contribution < 1.29 is 19.2 Å². The van der Waals surface area contributed by atoms with E-state index in [0.29, 0.717) is 30.8 Å². The molecule has 152 valence electrons. The fourth-order valence-electron chi connectivity index (χ4n) is 3.57. The maximum absolute atomic E-state index is 11.5. The van der Waals surface area contributed by atoms with Crippen LogP contribution in [-0.4, -0.2) is 52.4 Å². The predicted octanol–water partition coefficient (Wildman–Crippen LogP) is 1.67. The molecule has 1 aromatic carbocycles. The molecule has 0 spiro atoms. The topological polar surface area (TPSA) is 101 Å². The Morgan fingerprint density at radius 1 is 1.32 bits per heavy atom. The minimum Gasteiger partial charge on any atom is -0.497 e. The fraction of sp³-hybridized carbons (Fsp3) is 0.550. The van der Waals surface area contributed by atoms with Crippen molar-refractivity contribution >= 4 is 5.91 Å². The van der Waals surface area contributed by atoms with Crippen molar-refractivity contribution in [1.82, 2.24) is 20.4 Å². The lowest BCUT2D eigenvalue weighted by Crippen LogP contribution is -2.38. The van der Waals surface area contributed by atoms with E-state index in [0.717, 1.165) is 37.0 Å². The average molecular weight is 388 g/mol. The average Bonchev–Trinajstić information content (AvgIpc) is 3.15. The van der Waals surface area contributed by atoms with E-state index in [1.165, 1.54) is 0 Å². The van der Waals surface area contributed by atoms with Gasteiger partial charge >= 0.3 is 0 Å². The molecule has 28 heavy (non-hydrogen) atoms. The summed E-state index contributed by atoms with van der Waals surface area (Å²) in [7, 11) is 3.24. The summed E-state index contributed by atoms with van der Waals surface area (Å²) in [6.45, 7) is 1.21. The van der Waals surface area contributed by atoms with Gasteiger partial charge in [-0.2, -0.15) is 4.98 Å². The number of nitrogens with zero attached hydrogens (tertiary/aromatic N) is 3. The van der Waals surface area contributed by atoms with Gasteiger partial charge in [0.1, 0.15) is 5.75 Å². The minimum absolute atomic E-state index is 0.103. The van der Waals surface area contributed by atoms with Crippen LogP contribution >= 0.6 is 0 Å². The van der Waals surface area contributed by atoms with Crippen molar-refractivity contribution in [1.29, 1.82) is 0 Å². The third-order valence-corrected chi connectivity index (χ3v) is 5.15. The molecular formula is C20H28N4O4. The number of nitrogens with one attached hydrogen (secondary N) is 1. The van der Waals surface area contributed by atoms with Gasteiger partial charge in [-0.05, 0) is 43.4 Å². The van der Waals surface area contributed by atoms with Gasteiger partial charge < -0.3 is 19.7 Å². The number of aliphatic hydroxyl groups is 1. The number of aromatic nitrogens is 2. The number of aliphatic hydroxyl groups excluding tert-OH is 1. The molecule has 1 amide bonds. The van der Waals surface area contributed by atoms with Gasteiger partial charge in [-0.25, -0.2) is 0 Å². The van der Waals surface area contributed by atoms with Crippen molar-refractivity contribution in [3.05, 3.63) is 41.5 Å². The Labute approximate surface area is 164 Å². The highest BCUT2D eigenvalue weighted by atomic mass is 16.5. The normalized spacial score (nSPS) is 19.6. The van der Waals surface area contributed by atoms with E-state index in [9.17, 15) is 9.90 Å². The monoisotopic (exact) mass is 388 g/mol. The van der Waals surface area contributed by atoms with Crippen LogP contribution in [0.3, 0.4) is 0 Å². The third-order valence-electron chi connectivity index (χ3n) is 5.15. The highest BCUT2D eigenvalue weighted by Crippen LogP contribution is 2.26. The van der Waals surface area contributed by atoms with E-state index >= 15 is 0 Å². The van der Waals surface area contributed by atoms with E-state index in [1.54, 1.807) is 14.2 Å². The second kappa shape index (κ2) is 9.66. The van der Waals surface area contributed by atoms with Crippen LogP contribution in [-0.2, 0) is 24.3 Å². The maximum atomic E-state index is 11.5. The van der Waals surface area contributed by atoms with Gasteiger partial charge in [0, 0.05) is 19.6 Å². The molecule has 2 aromatic rings. The Balaban J connectivity index is 1.73. The first kappa shape index (κ1) is 20.3. The molecule has 1 aromatic heterocycles. The predicted molar refractivity (Wildman–Crippen MR) is 103 cm³/mol. The molecular weight excluding hydrogens is 360 g/mol. The fourth-order valence-corrected chi connectivity index (χ4v) is 3.57. The molecule has 0 saturated heterocycles. The number of carbonyl (C=O) groups excluding carboxylic acids is 1. The van der Waals surface area contributed by atoms with E-state index < -0.39 is 0 Å². The van der Waals surface area contributed by atoms with Crippen LogP contribution in [0.5, 0.6) is 5.75 Å². The Hall–Kier alpha value is -2.45. The van der Waals surface area contributed by atoms with Crippen LogP contribution in [0.2, 0.25) is 0 Å². The van der Waals surface area contributed by atoms with Crippen LogP contribution in [0.4, 0.5) is 0 Å². The van der Waals surface area contributed by atoms with Crippen molar-refractivity contribution in [2.75, 3.05) is 14.2 Å². The molecule has 1 fully saturated rings. The summed E-state index contributed by atoms with van der Waals surface area (Å²) in [6.07, 6.45) is 3.33. The molecule has 1 aliphatic rings. The molecule has 2 N–H and O–H groups in total. The number of benzene rings is 1. The first-order chi connectivity index (χ1) is 13.6. The summed E-state index contributed by atoms with van der Waals surface area (Å²) < 4.78 is 10.7. The van der Waals surface area contributed by atoms with Crippen molar-refractivity contribution in [3.63, 3.8) is 0 Å². The molecule has 8 nitrogen and oxygen atoms in total. The first-order valence-corrected chi connectivity index (χ1v) is 9.64. The van der Waals surface area contributed by atoms with Crippen LogP contribution in [0.25, 0.3) is 0 Å². The summed E-state index contributed by atoms with van der Waals surface area (Å²) in [5, 5.41) is 16.3. The van der Waals surface area contributed by atoms with Crippen molar-refractivity contribution in [3.8, 4) is 5.75 Å². The van der Waals surface area contributed by atoms with Gasteiger partial charge in [-0.1, -0.05) is 17.3 Å². The zero-order valence-corrected chi connectivity index (χ0v) is 16.4. The molecule has 0 radical (unpaired) electrons. The van der Waals surface area contributed by atoms with E-state index in [-0.39, 0.29) is 18.4 Å².